The molecular weight excluding hydrogens is 412 g/mol. The smallest absolute Gasteiger partial charge is 0.282 e. The van der Waals surface area contributed by atoms with E-state index >= 15 is 0 Å². The van der Waals surface area contributed by atoms with Crippen molar-refractivity contribution in [2.24, 2.45) is 0 Å². The van der Waals surface area contributed by atoms with Crippen LogP contribution in [0.1, 0.15) is 18.1 Å². The summed E-state index contributed by atoms with van der Waals surface area (Å²) in [5, 5.41) is 5.08. The zero-order valence-electron chi connectivity index (χ0n) is 17.7. The van der Waals surface area contributed by atoms with Gasteiger partial charge >= 0.3 is 0 Å². The van der Waals surface area contributed by atoms with Crippen molar-refractivity contribution in [2.45, 2.75) is 30.9 Å². The Balaban J connectivity index is 1.71. The lowest BCUT2D eigenvalue weighted by Gasteiger charge is -2.12. The lowest BCUT2D eigenvalue weighted by Crippen LogP contribution is -2.24. The zero-order chi connectivity index (χ0) is 21.8. The summed E-state index contributed by atoms with van der Waals surface area (Å²) in [4.78, 5) is 18.1. The minimum Gasteiger partial charge on any atom is -0.497 e. The first-order valence-corrected chi connectivity index (χ1v) is 11.0. The number of nitrogens with zero attached hydrogens (tertiary/aromatic N) is 4. The molecular formula is C23H24N4O3S. The maximum absolute atomic E-state index is 13.3. The Hall–Kier alpha value is -3.26. The third kappa shape index (κ3) is 4.59. The van der Waals surface area contributed by atoms with Crippen molar-refractivity contribution < 1.29 is 9.47 Å². The van der Waals surface area contributed by atoms with Crippen LogP contribution in [0.4, 0.5) is 0 Å². The van der Waals surface area contributed by atoms with Crippen molar-refractivity contribution in [1.29, 1.82) is 0 Å². The van der Waals surface area contributed by atoms with E-state index in [1.807, 2.05) is 61.7 Å². The lowest BCUT2D eigenvalue weighted by atomic mass is 10.2. The number of methoxy groups -OCH3 is 2. The van der Waals surface area contributed by atoms with Gasteiger partial charge in [-0.2, -0.15) is 5.10 Å². The van der Waals surface area contributed by atoms with Gasteiger partial charge in [0.15, 0.2) is 10.7 Å². The van der Waals surface area contributed by atoms with Gasteiger partial charge in [-0.25, -0.2) is 4.98 Å². The molecule has 0 aliphatic rings. The Labute approximate surface area is 184 Å². The Bertz CT molecular complexity index is 1250. The highest BCUT2D eigenvalue weighted by molar-refractivity contribution is 7.98. The molecule has 0 saturated carbocycles. The van der Waals surface area contributed by atoms with Gasteiger partial charge < -0.3 is 9.47 Å². The Kier molecular flexibility index (Phi) is 6.27. The normalized spacial score (nSPS) is 11.1. The molecule has 0 aliphatic heterocycles. The number of hydrogen-bond donors (Lipinski definition) is 0. The van der Waals surface area contributed by atoms with Gasteiger partial charge in [-0.3, -0.25) is 14.0 Å². The monoisotopic (exact) mass is 436 g/mol. The number of aromatic nitrogens is 4. The highest BCUT2D eigenvalue weighted by atomic mass is 32.2. The summed E-state index contributed by atoms with van der Waals surface area (Å²) in [5.41, 5.74) is 2.95. The largest absolute Gasteiger partial charge is 0.497 e. The summed E-state index contributed by atoms with van der Waals surface area (Å²) < 4.78 is 14.0. The second-order valence-corrected chi connectivity index (χ2v) is 7.94. The summed E-state index contributed by atoms with van der Waals surface area (Å²) in [6.07, 6.45) is 1.82. The molecule has 4 rings (SSSR count). The summed E-state index contributed by atoms with van der Waals surface area (Å²) in [6, 6.07) is 15.6. The van der Waals surface area contributed by atoms with Crippen LogP contribution in [0.2, 0.25) is 0 Å². The molecule has 160 valence electrons. The number of thioether (sulfide) groups is 1. The van der Waals surface area contributed by atoms with E-state index in [4.69, 9.17) is 14.5 Å². The van der Waals surface area contributed by atoms with Gasteiger partial charge in [0.2, 0.25) is 0 Å². The second-order valence-electron chi connectivity index (χ2n) is 6.99. The maximum atomic E-state index is 13.3. The Morgan fingerprint density at radius 1 is 1.00 bits per heavy atom. The van der Waals surface area contributed by atoms with E-state index in [1.54, 1.807) is 23.5 Å². The van der Waals surface area contributed by atoms with Crippen LogP contribution in [-0.2, 0) is 18.8 Å². The summed E-state index contributed by atoms with van der Waals surface area (Å²) in [5.74, 6) is 2.25. The number of benzene rings is 2. The van der Waals surface area contributed by atoms with Crippen molar-refractivity contribution in [3.8, 4) is 11.5 Å². The molecule has 0 saturated heterocycles. The molecule has 0 bridgehead atoms. The van der Waals surface area contributed by atoms with Gasteiger partial charge in [-0.05, 0) is 42.3 Å². The average Bonchev–Trinajstić information content (AvgIpc) is 3.24. The van der Waals surface area contributed by atoms with E-state index < -0.39 is 0 Å². The summed E-state index contributed by atoms with van der Waals surface area (Å²) in [6.45, 7) is 3.08. The number of rotatable bonds is 8. The Morgan fingerprint density at radius 3 is 2.48 bits per heavy atom. The van der Waals surface area contributed by atoms with Crippen LogP contribution in [0.15, 0.2) is 64.7 Å². The van der Waals surface area contributed by atoms with Crippen LogP contribution in [0, 0.1) is 0 Å². The van der Waals surface area contributed by atoms with Gasteiger partial charge in [0.05, 0.1) is 27.0 Å². The maximum Gasteiger partial charge on any atom is 0.282 e. The molecule has 0 atom stereocenters. The van der Waals surface area contributed by atoms with Gasteiger partial charge in [-0.15, -0.1) is 0 Å². The summed E-state index contributed by atoms with van der Waals surface area (Å²) in [7, 11) is 3.29. The van der Waals surface area contributed by atoms with Crippen molar-refractivity contribution in [1.82, 2.24) is 19.3 Å². The van der Waals surface area contributed by atoms with E-state index in [9.17, 15) is 4.79 Å². The molecule has 0 N–H and O–H groups in total. The standard InChI is InChI=1S/C23H24N4O3S/c1-4-26-14-20-21(25-26)22(28)27(13-16-8-10-18(29-2)11-9-16)23(24-20)31-15-17-6-5-7-19(12-17)30-3/h5-12,14H,4,13,15H2,1-3H3. The lowest BCUT2D eigenvalue weighted by molar-refractivity contribution is 0.414. The molecule has 0 spiro atoms. The topological polar surface area (TPSA) is 71.2 Å². The molecule has 0 aliphatic carbocycles. The predicted octanol–water partition coefficient (Wildman–Crippen LogP) is 3.97. The highest BCUT2D eigenvalue weighted by Gasteiger charge is 2.15. The highest BCUT2D eigenvalue weighted by Crippen LogP contribution is 2.25. The fourth-order valence-electron chi connectivity index (χ4n) is 3.26. The molecule has 8 heteroatoms. The fraction of sp³-hybridized carbons (Fsp3) is 0.261. The third-order valence-electron chi connectivity index (χ3n) is 4.96. The van der Waals surface area contributed by atoms with Gasteiger partial charge in [0, 0.05) is 12.3 Å². The van der Waals surface area contributed by atoms with Crippen LogP contribution >= 0.6 is 11.8 Å². The van der Waals surface area contributed by atoms with Crippen molar-refractivity contribution >= 4 is 22.8 Å². The molecule has 7 nitrogen and oxygen atoms in total. The molecule has 4 aromatic rings. The molecule has 0 radical (unpaired) electrons. The number of hydrogen-bond acceptors (Lipinski definition) is 6. The number of fused-ring (bicyclic) bond motifs is 1. The van der Waals surface area contributed by atoms with Gasteiger partial charge in [0.25, 0.3) is 5.56 Å². The predicted molar refractivity (Wildman–Crippen MR) is 122 cm³/mol. The van der Waals surface area contributed by atoms with Crippen molar-refractivity contribution in [2.75, 3.05) is 14.2 Å². The van der Waals surface area contributed by atoms with E-state index in [0.717, 1.165) is 22.6 Å². The van der Waals surface area contributed by atoms with Gasteiger partial charge in [0.1, 0.15) is 17.0 Å². The van der Waals surface area contributed by atoms with Crippen LogP contribution in [0.3, 0.4) is 0 Å². The van der Waals surface area contributed by atoms with Crippen molar-refractivity contribution in [3.05, 3.63) is 76.2 Å². The first kappa shape index (κ1) is 21.0. The molecule has 2 aromatic carbocycles. The molecule has 0 amide bonds. The first-order chi connectivity index (χ1) is 15.1. The van der Waals surface area contributed by atoms with Crippen molar-refractivity contribution in [3.63, 3.8) is 0 Å². The molecule has 0 unspecified atom stereocenters. The van der Waals surface area contributed by atoms with Crippen LogP contribution in [0.5, 0.6) is 11.5 Å². The fourth-order valence-corrected chi connectivity index (χ4v) is 4.20. The molecule has 31 heavy (non-hydrogen) atoms. The zero-order valence-corrected chi connectivity index (χ0v) is 18.6. The number of aryl methyl sites for hydroxylation is 1. The average molecular weight is 437 g/mol. The Morgan fingerprint density at radius 2 is 1.77 bits per heavy atom. The quantitative estimate of drug-likeness (QED) is 0.307. The third-order valence-corrected chi connectivity index (χ3v) is 6.01. The van der Waals surface area contributed by atoms with E-state index in [-0.39, 0.29) is 5.56 Å². The van der Waals surface area contributed by atoms with E-state index in [1.165, 1.54) is 11.8 Å². The minimum atomic E-state index is -0.138. The first-order valence-electron chi connectivity index (χ1n) is 9.98. The molecule has 2 heterocycles. The summed E-state index contributed by atoms with van der Waals surface area (Å²) >= 11 is 1.53. The number of ether oxygens (including phenoxy) is 2. The van der Waals surface area contributed by atoms with E-state index in [0.29, 0.717) is 35.0 Å². The van der Waals surface area contributed by atoms with Crippen LogP contribution in [0.25, 0.3) is 11.0 Å². The molecule has 0 fully saturated rings. The second kappa shape index (κ2) is 9.26. The SMILES string of the molecule is CCn1cc2nc(SCc3cccc(OC)c3)n(Cc3ccc(OC)cc3)c(=O)c2n1. The van der Waals surface area contributed by atoms with Crippen LogP contribution < -0.4 is 15.0 Å². The van der Waals surface area contributed by atoms with Crippen LogP contribution in [-0.4, -0.2) is 33.6 Å². The minimum absolute atomic E-state index is 0.138. The van der Waals surface area contributed by atoms with E-state index in [2.05, 4.69) is 5.10 Å². The van der Waals surface area contributed by atoms with Gasteiger partial charge in [-0.1, -0.05) is 36.0 Å². The molecule has 2 aromatic heterocycles.